The fraction of sp³-hybridized carbons (Fsp3) is 0.514. The van der Waals surface area contributed by atoms with E-state index in [9.17, 15) is 28.2 Å². The molecule has 0 spiro atoms. The first kappa shape index (κ1) is 37.8. The molecule has 0 saturated carbocycles. The fourth-order valence-corrected chi connectivity index (χ4v) is 7.33. The van der Waals surface area contributed by atoms with Crippen molar-refractivity contribution in [2.75, 3.05) is 38.1 Å². The van der Waals surface area contributed by atoms with Crippen LogP contribution in [0, 0.1) is 19.8 Å². The predicted molar refractivity (Wildman–Crippen MR) is 183 cm³/mol. The molecule has 1 aromatic heterocycles. The van der Waals surface area contributed by atoms with Gasteiger partial charge in [-0.25, -0.2) is 13.2 Å². The number of anilines is 1. The molecular formula is C35H48N4O9S. The summed E-state index contributed by atoms with van der Waals surface area (Å²) in [5.74, 6) is -1.10. The van der Waals surface area contributed by atoms with Crippen molar-refractivity contribution in [3.05, 3.63) is 70.6 Å². The fourth-order valence-electron chi connectivity index (χ4n) is 5.95. The van der Waals surface area contributed by atoms with Gasteiger partial charge in [-0.3, -0.25) is 14.4 Å². The third kappa shape index (κ3) is 9.81. The number of nitrogens with one attached hydrogen (secondary N) is 1. The number of aromatic carboxylic acids is 1. The van der Waals surface area contributed by atoms with Gasteiger partial charge >= 0.3 is 5.97 Å². The summed E-state index contributed by atoms with van der Waals surface area (Å²) in [6, 6.07) is 10.8. The van der Waals surface area contributed by atoms with Gasteiger partial charge in [-0.2, -0.15) is 0 Å². The summed E-state index contributed by atoms with van der Waals surface area (Å²) in [7, 11) is -2.12. The number of carboxylic acid groups (broad SMARTS) is 1. The minimum atomic E-state index is -4.09. The second-order valence-electron chi connectivity index (χ2n) is 13.0. The van der Waals surface area contributed by atoms with Gasteiger partial charge < -0.3 is 29.1 Å². The molecular weight excluding hydrogens is 652 g/mol. The van der Waals surface area contributed by atoms with Crippen LogP contribution in [-0.4, -0.2) is 97.1 Å². The lowest BCUT2D eigenvalue weighted by atomic mass is 10.0. The molecule has 1 aliphatic heterocycles. The zero-order valence-corrected chi connectivity index (χ0v) is 29.8. The van der Waals surface area contributed by atoms with Gasteiger partial charge in [-0.15, -0.1) is 0 Å². The van der Waals surface area contributed by atoms with Crippen LogP contribution in [0.5, 0.6) is 5.75 Å². The van der Waals surface area contributed by atoms with Crippen LogP contribution < -0.4 is 9.46 Å². The number of carbonyl (C=O) groups is 2. The van der Waals surface area contributed by atoms with Crippen molar-refractivity contribution in [3.8, 4) is 5.75 Å². The molecule has 14 heteroatoms. The molecule has 268 valence electrons. The van der Waals surface area contributed by atoms with Crippen LogP contribution >= 0.6 is 0 Å². The van der Waals surface area contributed by atoms with Gasteiger partial charge in [0.05, 0.1) is 36.0 Å². The summed E-state index contributed by atoms with van der Waals surface area (Å²) in [5.41, 5.74) is 1.72. The van der Waals surface area contributed by atoms with Gasteiger partial charge in [0.1, 0.15) is 11.4 Å². The number of benzene rings is 2. The first-order valence-electron chi connectivity index (χ1n) is 16.5. The Morgan fingerprint density at radius 3 is 2.49 bits per heavy atom. The summed E-state index contributed by atoms with van der Waals surface area (Å²) in [5, 5.41) is 23.2. The van der Waals surface area contributed by atoms with Crippen LogP contribution in [0.3, 0.4) is 0 Å². The largest absolute Gasteiger partial charge is 0.490 e. The Hall–Kier alpha value is -3.98. The molecule has 49 heavy (non-hydrogen) atoms. The Kier molecular flexibility index (Phi) is 12.8. The number of hydrogen-bond donors (Lipinski definition) is 3. The third-order valence-electron chi connectivity index (χ3n) is 8.69. The molecule has 3 N–H and O–H groups in total. The molecule has 0 fully saturated rings. The maximum absolute atomic E-state index is 14.4. The van der Waals surface area contributed by atoms with Crippen molar-refractivity contribution in [2.45, 2.75) is 83.6 Å². The Morgan fingerprint density at radius 2 is 1.86 bits per heavy atom. The highest BCUT2D eigenvalue weighted by molar-refractivity contribution is 7.92. The second kappa shape index (κ2) is 16.6. The van der Waals surface area contributed by atoms with Crippen LogP contribution in [-0.2, 0) is 21.3 Å². The van der Waals surface area contributed by atoms with E-state index in [1.807, 2.05) is 20.9 Å². The minimum absolute atomic E-state index is 0.0681. The molecule has 2 aromatic carbocycles. The van der Waals surface area contributed by atoms with E-state index in [1.165, 1.54) is 19.9 Å². The molecule has 0 saturated heterocycles. The van der Waals surface area contributed by atoms with Crippen LogP contribution in [0.4, 0.5) is 5.69 Å². The number of aliphatic hydroxyl groups is 1. The molecule has 4 atom stereocenters. The first-order chi connectivity index (χ1) is 23.2. The maximum Gasteiger partial charge on any atom is 0.335 e. The smallest absolute Gasteiger partial charge is 0.335 e. The second-order valence-corrected chi connectivity index (χ2v) is 14.6. The normalized spacial score (nSPS) is 20.3. The molecule has 0 unspecified atom stereocenters. The molecule has 2 heterocycles. The predicted octanol–water partition coefficient (Wildman–Crippen LogP) is 4.72. The van der Waals surface area contributed by atoms with Gasteiger partial charge in [0.25, 0.3) is 15.9 Å². The van der Waals surface area contributed by atoms with Gasteiger partial charge in [-0.1, -0.05) is 24.2 Å². The van der Waals surface area contributed by atoms with Crippen molar-refractivity contribution in [3.63, 3.8) is 0 Å². The number of rotatable bonds is 10. The quantitative estimate of drug-likeness (QED) is 0.267. The number of aryl methyl sites for hydroxylation is 2. The van der Waals surface area contributed by atoms with E-state index in [0.717, 1.165) is 18.4 Å². The molecule has 0 bridgehead atoms. The number of likely N-dealkylation sites (N-methyl/N-ethyl adjacent to an activating group) is 1. The van der Waals surface area contributed by atoms with Gasteiger partial charge in [0.2, 0.25) is 0 Å². The van der Waals surface area contributed by atoms with Crippen LogP contribution in [0.2, 0.25) is 0 Å². The maximum atomic E-state index is 14.4. The molecule has 13 nitrogen and oxygen atoms in total. The van der Waals surface area contributed by atoms with Crippen LogP contribution in [0.1, 0.15) is 77.8 Å². The molecule has 0 aliphatic carbocycles. The summed E-state index contributed by atoms with van der Waals surface area (Å²) < 4.78 is 46.9. The SMILES string of the molecule is Cc1noc(C)c1S(=O)(=O)Nc1ccc2c(c1)C(=O)N([C@H](C)CO)C[C@H](C)[C@@H](CN(C)Cc1ccc(C(=O)O)cc1)OCCCC[C@@H](C)O2. The summed E-state index contributed by atoms with van der Waals surface area (Å²) in [6.07, 6.45) is 1.84. The van der Waals surface area contributed by atoms with Gasteiger partial charge in [0.15, 0.2) is 10.7 Å². The number of hydrogen-bond acceptors (Lipinski definition) is 10. The van der Waals surface area contributed by atoms with E-state index in [0.29, 0.717) is 31.9 Å². The monoisotopic (exact) mass is 700 g/mol. The molecule has 4 rings (SSSR count). The lowest BCUT2D eigenvalue weighted by molar-refractivity contribution is -0.0177. The number of amides is 1. The Balaban J connectivity index is 1.63. The van der Waals surface area contributed by atoms with E-state index in [-0.39, 0.29) is 64.4 Å². The standard InChI is InChI=1S/C35H48N4O9S/c1-22-18-39(23(2)21-40)34(41)30-17-29(37-49(44,45)33-25(4)36-48-26(33)5)14-15-31(30)47-24(3)9-7-8-16-46-32(22)20-38(6)19-27-10-12-28(13-11-27)35(42)43/h10-15,17,22-24,32,37,40H,7-9,16,18-21H2,1-6H3,(H,42,43)/t22-,23+,24+,32+/m0/s1. The van der Waals surface area contributed by atoms with Crippen molar-refractivity contribution >= 4 is 27.6 Å². The van der Waals surface area contributed by atoms with Crippen LogP contribution in [0.25, 0.3) is 0 Å². The Labute approximate surface area is 288 Å². The van der Waals surface area contributed by atoms with E-state index >= 15 is 0 Å². The number of nitrogens with zero attached hydrogens (tertiary/aromatic N) is 3. The average molecular weight is 701 g/mol. The number of fused-ring (bicyclic) bond motifs is 1. The van der Waals surface area contributed by atoms with Crippen molar-refractivity contribution < 1.29 is 42.2 Å². The number of carboxylic acids is 1. The van der Waals surface area contributed by atoms with E-state index in [4.69, 9.17) is 14.0 Å². The highest BCUT2D eigenvalue weighted by atomic mass is 32.2. The van der Waals surface area contributed by atoms with Crippen molar-refractivity contribution in [1.82, 2.24) is 15.0 Å². The van der Waals surface area contributed by atoms with E-state index in [2.05, 4.69) is 14.8 Å². The number of sulfonamides is 1. The number of ether oxygens (including phenoxy) is 2. The highest BCUT2D eigenvalue weighted by Gasteiger charge is 2.31. The number of aromatic nitrogens is 1. The Morgan fingerprint density at radius 1 is 1.14 bits per heavy atom. The van der Waals surface area contributed by atoms with Crippen molar-refractivity contribution in [1.29, 1.82) is 0 Å². The highest BCUT2D eigenvalue weighted by Crippen LogP contribution is 2.30. The molecule has 1 aliphatic rings. The molecule has 1 amide bonds. The van der Waals surface area contributed by atoms with Gasteiger partial charge in [0, 0.05) is 37.8 Å². The lowest BCUT2D eigenvalue weighted by Crippen LogP contribution is -2.47. The average Bonchev–Trinajstić information content (AvgIpc) is 3.40. The minimum Gasteiger partial charge on any atom is -0.490 e. The summed E-state index contributed by atoms with van der Waals surface area (Å²) in [4.78, 5) is 29.3. The van der Waals surface area contributed by atoms with E-state index < -0.39 is 27.9 Å². The van der Waals surface area contributed by atoms with Gasteiger partial charge in [-0.05, 0) is 89.9 Å². The third-order valence-corrected chi connectivity index (χ3v) is 10.3. The summed E-state index contributed by atoms with van der Waals surface area (Å²) in [6.45, 7) is 10.3. The van der Waals surface area contributed by atoms with E-state index in [1.54, 1.807) is 48.2 Å². The molecule has 3 aromatic rings. The number of aliphatic hydroxyl groups excluding tert-OH is 1. The zero-order valence-electron chi connectivity index (χ0n) is 29.0. The number of carbonyl (C=O) groups excluding carboxylic acids is 1. The Bertz CT molecular complexity index is 1670. The zero-order chi connectivity index (χ0) is 35.9. The lowest BCUT2D eigenvalue weighted by Gasteiger charge is -2.36. The molecule has 0 radical (unpaired) electrons. The van der Waals surface area contributed by atoms with Crippen LogP contribution in [0.15, 0.2) is 51.9 Å². The first-order valence-corrected chi connectivity index (χ1v) is 18.0. The topological polar surface area (TPSA) is 172 Å². The summed E-state index contributed by atoms with van der Waals surface area (Å²) >= 11 is 0. The van der Waals surface area contributed by atoms with Crippen molar-refractivity contribution in [2.24, 2.45) is 5.92 Å².